The molecule has 0 aliphatic heterocycles. The molecule has 0 saturated heterocycles. The summed E-state index contributed by atoms with van der Waals surface area (Å²) in [4.78, 5) is 0. The number of nitrogens with two attached hydrogens (primary N) is 1. The third-order valence-corrected chi connectivity index (χ3v) is 2.11. The van der Waals surface area contributed by atoms with Crippen molar-refractivity contribution in [3.05, 3.63) is 35.4 Å². The van der Waals surface area contributed by atoms with Crippen LogP contribution in [0, 0.1) is 0 Å². The van der Waals surface area contributed by atoms with E-state index in [1.165, 1.54) is 0 Å². The molecule has 1 aromatic carbocycles. The average Bonchev–Trinajstić information content (AvgIpc) is 2.15. The molecule has 0 fully saturated rings. The van der Waals surface area contributed by atoms with Crippen LogP contribution in [0.15, 0.2) is 30.4 Å². The van der Waals surface area contributed by atoms with Gasteiger partial charge in [0.25, 0.3) is 0 Å². The van der Waals surface area contributed by atoms with E-state index in [9.17, 15) is 0 Å². The molecule has 0 amide bonds. The molecule has 76 valence electrons. The first-order valence-corrected chi connectivity index (χ1v) is 5.02. The van der Waals surface area contributed by atoms with Gasteiger partial charge in [-0.3, -0.25) is 0 Å². The van der Waals surface area contributed by atoms with E-state index in [1.807, 2.05) is 25.1 Å². The van der Waals surface area contributed by atoms with Crippen LogP contribution in [-0.4, -0.2) is 6.54 Å². The van der Waals surface area contributed by atoms with Crippen molar-refractivity contribution in [3.8, 4) is 0 Å². The van der Waals surface area contributed by atoms with Crippen molar-refractivity contribution in [3.63, 3.8) is 0 Å². The lowest BCUT2D eigenvalue weighted by Gasteiger charge is -2.07. The Hall–Kier alpha value is -1.15. The number of benzene rings is 1. The summed E-state index contributed by atoms with van der Waals surface area (Å²) >= 11 is 5.78. The summed E-state index contributed by atoms with van der Waals surface area (Å²) in [6.07, 6.45) is 5.14. The molecule has 1 aromatic rings. The molecule has 1 rings (SSSR count). The first-order chi connectivity index (χ1) is 6.74. The van der Waals surface area contributed by atoms with Gasteiger partial charge in [-0.05, 0) is 31.5 Å². The van der Waals surface area contributed by atoms with E-state index < -0.39 is 0 Å². The lowest BCUT2D eigenvalue weighted by Crippen LogP contribution is -2.02. The first-order valence-electron chi connectivity index (χ1n) is 4.64. The molecule has 14 heavy (non-hydrogen) atoms. The van der Waals surface area contributed by atoms with E-state index in [-0.39, 0.29) is 0 Å². The van der Waals surface area contributed by atoms with Crippen LogP contribution >= 0.6 is 11.6 Å². The van der Waals surface area contributed by atoms with Crippen molar-refractivity contribution >= 4 is 23.0 Å². The summed E-state index contributed by atoms with van der Waals surface area (Å²) in [5.74, 6) is 0. The Labute approximate surface area is 89.8 Å². The Morgan fingerprint density at radius 1 is 1.50 bits per heavy atom. The van der Waals surface area contributed by atoms with E-state index in [4.69, 9.17) is 17.3 Å². The lowest BCUT2D eigenvalue weighted by molar-refractivity contribution is 1.07. The molecule has 0 bridgehead atoms. The quantitative estimate of drug-likeness (QED) is 0.455. The molecule has 0 unspecified atom stereocenters. The zero-order valence-corrected chi connectivity index (χ0v) is 9.01. The van der Waals surface area contributed by atoms with Gasteiger partial charge in [-0.25, -0.2) is 0 Å². The van der Waals surface area contributed by atoms with E-state index in [2.05, 4.69) is 11.4 Å². The second-order valence-electron chi connectivity index (χ2n) is 3.02. The van der Waals surface area contributed by atoms with Crippen LogP contribution in [0.25, 0.3) is 0 Å². The number of allylic oxidation sites excluding steroid dienone is 1. The van der Waals surface area contributed by atoms with Gasteiger partial charge < -0.3 is 11.1 Å². The SMILES string of the molecule is C/C=C/CCNc1ccc(Cl)cc1N. The number of hydrogen-bond acceptors (Lipinski definition) is 2. The van der Waals surface area contributed by atoms with E-state index in [1.54, 1.807) is 6.07 Å². The number of halogens is 1. The van der Waals surface area contributed by atoms with Crippen molar-refractivity contribution in [2.75, 3.05) is 17.6 Å². The normalized spacial score (nSPS) is 10.7. The summed E-state index contributed by atoms with van der Waals surface area (Å²) in [6, 6.07) is 5.47. The fourth-order valence-electron chi connectivity index (χ4n) is 1.15. The highest BCUT2D eigenvalue weighted by molar-refractivity contribution is 6.31. The second-order valence-corrected chi connectivity index (χ2v) is 3.45. The molecule has 3 heteroatoms. The van der Waals surface area contributed by atoms with Gasteiger partial charge >= 0.3 is 0 Å². The number of nitrogens with one attached hydrogen (secondary N) is 1. The Morgan fingerprint density at radius 3 is 2.93 bits per heavy atom. The highest BCUT2D eigenvalue weighted by atomic mass is 35.5. The van der Waals surface area contributed by atoms with Crippen molar-refractivity contribution in [2.45, 2.75) is 13.3 Å². The van der Waals surface area contributed by atoms with Gasteiger partial charge in [0.15, 0.2) is 0 Å². The van der Waals surface area contributed by atoms with Gasteiger partial charge in [-0.2, -0.15) is 0 Å². The predicted molar refractivity (Wildman–Crippen MR) is 63.8 cm³/mol. The Kier molecular flexibility index (Phi) is 4.33. The van der Waals surface area contributed by atoms with Crippen LogP contribution < -0.4 is 11.1 Å². The van der Waals surface area contributed by atoms with Gasteiger partial charge in [0.05, 0.1) is 11.4 Å². The fourth-order valence-corrected chi connectivity index (χ4v) is 1.33. The van der Waals surface area contributed by atoms with Crippen LogP contribution in [-0.2, 0) is 0 Å². The smallest absolute Gasteiger partial charge is 0.0575 e. The molecule has 0 saturated carbocycles. The van der Waals surface area contributed by atoms with Gasteiger partial charge in [-0.15, -0.1) is 0 Å². The van der Waals surface area contributed by atoms with Crippen molar-refractivity contribution in [2.24, 2.45) is 0 Å². The van der Waals surface area contributed by atoms with Gasteiger partial charge in [0.2, 0.25) is 0 Å². The van der Waals surface area contributed by atoms with Crippen LogP contribution in [0.5, 0.6) is 0 Å². The highest BCUT2D eigenvalue weighted by Crippen LogP contribution is 2.22. The van der Waals surface area contributed by atoms with Crippen molar-refractivity contribution in [1.29, 1.82) is 0 Å². The number of anilines is 2. The maximum absolute atomic E-state index is 5.78. The molecule has 0 aromatic heterocycles. The van der Waals surface area contributed by atoms with Crippen LogP contribution in [0.3, 0.4) is 0 Å². The van der Waals surface area contributed by atoms with E-state index in [0.717, 1.165) is 18.7 Å². The van der Waals surface area contributed by atoms with Gasteiger partial charge in [0.1, 0.15) is 0 Å². The molecule has 0 aliphatic carbocycles. The first kappa shape index (κ1) is 10.9. The van der Waals surface area contributed by atoms with Crippen LogP contribution in [0.2, 0.25) is 5.02 Å². The zero-order valence-electron chi connectivity index (χ0n) is 8.26. The third kappa shape index (κ3) is 3.30. The topological polar surface area (TPSA) is 38.0 Å². The van der Waals surface area contributed by atoms with Crippen molar-refractivity contribution in [1.82, 2.24) is 0 Å². The monoisotopic (exact) mass is 210 g/mol. The standard InChI is InChI=1S/C11H15ClN2/c1-2-3-4-7-14-11-6-5-9(12)8-10(11)13/h2-3,5-6,8,14H,4,7,13H2,1H3/b3-2+. The maximum atomic E-state index is 5.78. The summed E-state index contributed by atoms with van der Waals surface area (Å²) in [5, 5.41) is 3.91. The third-order valence-electron chi connectivity index (χ3n) is 1.88. The minimum Gasteiger partial charge on any atom is -0.397 e. The average molecular weight is 211 g/mol. The molecule has 0 radical (unpaired) electrons. The number of hydrogen-bond donors (Lipinski definition) is 2. The minimum absolute atomic E-state index is 0.668. The van der Waals surface area contributed by atoms with Crippen LogP contribution in [0.1, 0.15) is 13.3 Å². The van der Waals surface area contributed by atoms with Crippen LogP contribution in [0.4, 0.5) is 11.4 Å². The zero-order chi connectivity index (χ0) is 10.4. The largest absolute Gasteiger partial charge is 0.397 e. The predicted octanol–water partition coefficient (Wildman–Crippen LogP) is 3.30. The number of nitrogen functional groups attached to an aromatic ring is 1. The summed E-state index contributed by atoms with van der Waals surface area (Å²) in [6.45, 7) is 2.90. The molecule has 0 aliphatic rings. The maximum Gasteiger partial charge on any atom is 0.0575 e. The Morgan fingerprint density at radius 2 is 2.29 bits per heavy atom. The molecular weight excluding hydrogens is 196 g/mol. The summed E-state index contributed by atoms with van der Waals surface area (Å²) < 4.78 is 0. The van der Waals surface area contributed by atoms with E-state index >= 15 is 0 Å². The van der Waals surface area contributed by atoms with Crippen molar-refractivity contribution < 1.29 is 0 Å². The molecule has 0 spiro atoms. The van der Waals surface area contributed by atoms with Gasteiger partial charge in [-0.1, -0.05) is 23.8 Å². The molecular formula is C11H15ClN2. The minimum atomic E-state index is 0.668. The lowest BCUT2D eigenvalue weighted by atomic mass is 10.2. The second kappa shape index (κ2) is 5.55. The highest BCUT2D eigenvalue weighted by Gasteiger charge is 1.97. The Bertz CT molecular complexity index is 321. The molecule has 3 N–H and O–H groups in total. The molecule has 0 atom stereocenters. The Balaban J connectivity index is 2.50. The number of rotatable bonds is 4. The molecule has 0 heterocycles. The summed E-state index contributed by atoms with van der Waals surface area (Å²) in [5.41, 5.74) is 7.41. The van der Waals surface area contributed by atoms with E-state index in [0.29, 0.717) is 10.7 Å². The fraction of sp³-hybridized carbons (Fsp3) is 0.273. The molecule has 2 nitrogen and oxygen atoms in total. The summed E-state index contributed by atoms with van der Waals surface area (Å²) in [7, 11) is 0. The van der Waals surface area contributed by atoms with Gasteiger partial charge in [0, 0.05) is 11.6 Å².